The number of nitrogens with one attached hydrogen (secondary N) is 1. The summed E-state index contributed by atoms with van der Waals surface area (Å²) in [5.74, 6) is -0.538. The van der Waals surface area contributed by atoms with Gasteiger partial charge in [-0.1, -0.05) is 0 Å². The van der Waals surface area contributed by atoms with Crippen molar-refractivity contribution < 1.29 is 27.1 Å². The lowest BCUT2D eigenvalue weighted by Gasteiger charge is -2.35. The highest BCUT2D eigenvalue weighted by Crippen LogP contribution is 2.19. The van der Waals surface area contributed by atoms with E-state index in [0.29, 0.717) is 19.6 Å². The number of nitrogens with zero attached hydrogens (tertiary/aromatic N) is 2. The van der Waals surface area contributed by atoms with Gasteiger partial charge >= 0.3 is 6.09 Å². The van der Waals surface area contributed by atoms with Crippen molar-refractivity contribution in [3.8, 4) is 0 Å². The number of rotatable bonds is 7. The van der Waals surface area contributed by atoms with Gasteiger partial charge in [0.25, 0.3) is 0 Å². The van der Waals surface area contributed by atoms with E-state index in [9.17, 15) is 22.4 Å². The molecule has 1 heterocycles. The van der Waals surface area contributed by atoms with Gasteiger partial charge in [0.1, 0.15) is 11.4 Å². The van der Waals surface area contributed by atoms with E-state index >= 15 is 0 Å². The Labute approximate surface area is 183 Å². The molecule has 174 valence electrons. The maximum atomic E-state index is 13.0. The summed E-state index contributed by atoms with van der Waals surface area (Å²) in [6.45, 7) is 6.98. The van der Waals surface area contributed by atoms with Gasteiger partial charge in [-0.15, -0.1) is 0 Å². The van der Waals surface area contributed by atoms with Crippen molar-refractivity contribution in [2.45, 2.75) is 50.5 Å². The summed E-state index contributed by atoms with van der Waals surface area (Å²) in [6.07, 6.45) is 1.34. The molecule has 0 bridgehead atoms. The smallest absolute Gasteiger partial charge is 0.410 e. The number of carbonyl (C=O) groups is 2. The number of hydrogen-bond donors (Lipinski definition) is 1. The van der Waals surface area contributed by atoms with E-state index in [1.54, 1.807) is 11.9 Å². The fourth-order valence-electron chi connectivity index (χ4n) is 3.39. The van der Waals surface area contributed by atoms with Crippen molar-refractivity contribution in [2.75, 3.05) is 33.2 Å². The van der Waals surface area contributed by atoms with E-state index in [1.807, 2.05) is 20.8 Å². The van der Waals surface area contributed by atoms with E-state index in [0.717, 1.165) is 25.0 Å². The van der Waals surface area contributed by atoms with Gasteiger partial charge < -0.3 is 14.5 Å². The van der Waals surface area contributed by atoms with Crippen molar-refractivity contribution in [2.24, 2.45) is 5.92 Å². The minimum absolute atomic E-state index is 0.0229. The van der Waals surface area contributed by atoms with Gasteiger partial charge in [0.05, 0.1) is 4.90 Å². The Balaban J connectivity index is 1.81. The Morgan fingerprint density at radius 3 is 2.52 bits per heavy atom. The van der Waals surface area contributed by atoms with Gasteiger partial charge in [0.2, 0.25) is 15.9 Å². The predicted octanol–water partition coefficient (Wildman–Crippen LogP) is 2.60. The highest BCUT2D eigenvalue weighted by Gasteiger charge is 2.27. The standard InChI is InChI=1S/C21H32FN3O5S/c1-21(2,3)30-20(27)24(4)14-16-6-5-13-25(15-16)19(26)11-12-23-31(28,29)18-9-7-17(22)8-10-18/h7-10,16,23H,5-6,11-15H2,1-4H3. The summed E-state index contributed by atoms with van der Waals surface area (Å²) in [5, 5.41) is 0. The van der Waals surface area contributed by atoms with Crippen LogP contribution in [-0.4, -0.2) is 69.0 Å². The first-order chi connectivity index (χ1) is 14.4. The lowest BCUT2D eigenvalue weighted by molar-refractivity contribution is -0.132. The number of piperidine rings is 1. The Bertz CT molecular complexity index is 868. The highest BCUT2D eigenvalue weighted by atomic mass is 32.2. The lowest BCUT2D eigenvalue weighted by atomic mass is 9.97. The monoisotopic (exact) mass is 457 g/mol. The number of benzene rings is 1. The molecular weight excluding hydrogens is 425 g/mol. The fourth-order valence-corrected chi connectivity index (χ4v) is 4.42. The minimum Gasteiger partial charge on any atom is -0.444 e. The minimum atomic E-state index is -3.80. The average Bonchev–Trinajstić information content (AvgIpc) is 2.67. The second-order valence-electron chi connectivity index (χ2n) is 8.81. The van der Waals surface area contributed by atoms with Crippen LogP contribution in [0.15, 0.2) is 29.2 Å². The van der Waals surface area contributed by atoms with Crippen LogP contribution in [0.4, 0.5) is 9.18 Å². The van der Waals surface area contributed by atoms with E-state index < -0.39 is 27.5 Å². The normalized spacial score (nSPS) is 17.3. The van der Waals surface area contributed by atoms with E-state index in [4.69, 9.17) is 4.74 Å². The molecule has 2 rings (SSSR count). The first-order valence-electron chi connectivity index (χ1n) is 10.3. The van der Waals surface area contributed by atoms with Crippen molar-refractivity contribution in [1.29, 1.82) is 0 Å². The highest BCUT2D eigenvalue weighted by molar-refractivity contribution is 7.89. The molecule has 10 heteroatoms. The first-order valence-corrected chi connectivity index (χ1v) is 11.8. The Morgan fingerprint density at radius 1 is 1.26 bits per heavy atom. The van der Waals surface area contributed by atoms with Crippen LogP contribution >= 0.6 is 0 Å². The van der Waals surface area contributed by atoms with Crippen LogP contribution in [0.25, 0.3) is 0 Å². The molecule has 1 saturated heterocycles. The Morgan fingerprint density at radius 2 is 1.90 bits per heavy atom. The van der Waals surface area contributed by atoms with Crippen molar-refractivity contribution >= 4 is 22.0 Å². The number of carbonyl (C=O) groups excluding carboxylic acids is 2. The van der Waals surface area contributed by atoms with Crippen LogP contribution in [0.3, 0.4) is 0 Å². The topological polar surface area (TPSA) is 96.0 Å². The number of halogens is 1. The van der Waals surface area contributed by atoms with Crippen LogP contribution < -0.4 is 4.72 Å². The van der Waals surface area contributed by atoms with Gasteiger partial charge in [-0.3, -0.25) is 4.79 Å². The van der Waals surface area contributed by atoms with E-state index in [-0.39, 0.29) is 29.7 Å². The maximum Gasteiger partial charge on any atom is 0.410 e. The van der Waals surface area contributed by atoms with Gasteiger partial charge in [-0.05, 0) is 63.8 Å². The molecule has 1 aliphatic heterocycles. The van der Waals surface area contributed by atoms with Crippen molar-refractivity contribution in [3.63, 3.8) is 0 Å². The second kappa shape index (κ2) is 10.4. The largest absolute Gasteiger partial charge is 0.444 e. The third-order valence-corrected chi connectivity index (χ3v) is 6.34. The average molecular weight is 458 g/mol. The number of ether oxygens (including phenoxy) is 1. The van der Waals surface area contributed by atoms with Gasteiger partial charge in [-0.2, -0.15) is 0 Å². The zero-order chi connectivity index (χ0) is 23.2. The summed E-state index contributed by atoms with van der Waals surface area (Å²) in [6, 6.07) is 4.50. The van der Waals surface area contributed by atoms with E-state index in [2.05, 4.69) is 4.72 Å². The molecule has 1 unspecified atom stereocenters. The molecule has 1 aromatic carbocycles. The molecule has 1 N–H and O–H groups in total. The third kappa shape index (κ3) is 8.10. The predicted molar refractivity (Wildman–Crippen MR) is 114 cm³/mol. The van der Waals surface area contributed by atoms with Crippen LogP contribution in [0.5, 0.6) is 0 Å². The molecule has 0 saturated carbocycles. The molecule has 0 spiro atoms. The molecule has 0 radical (unpaired) electrons. The first kappa shape index (κ1) is 25.1. The van der Waals surface area contributed by atoms with Gasteiger partial charge in [0.15, 0.2) is 0 Å². The molecule has 8 nitrogen and oxygen atoms in total. The molecule has 1 aliphatic rings. The molecule has 0 aliphatic carbocycles. The number of likely N-dealkylation sites (tertiary alicyclic amines) is 1. The fraction of sp³-hybridized carbons (Fsp3) is 0.619. The molecule has 0 aromatic heterocycles. The second-order valence-corrected chi connectivity index (χ2v) is 10.6. The van der Waals surface area contributed by atoms with Crippen LogP contribution in [0.1, 0.15) is 40.0 Å². The molecule has 1 aromatic rings. The SMILES string of the molecule is CN(CC1CCCN(C(=O)CCNS(=O)(=O)c2ccc(F)cc2)C1)C(=O)OC(C)(C)C. The maximum absolute atomic E-state index is 13.0. The van der Waals surface area contributed by atoms with Crippen molar-refractivity contribution in [1.82, 2.24) is 14.5 Å². The van der Waals surface area contributed by atoms with Crippen molar-refractivity contribution in [3.05, 3.63) is 30.1 Å². The zero-order valence-electron chi connectivity index (χ0n) is 18.6. The van der Waals surface area contributed by atoms with Crippen LogP contribution in [0, 0.1) is 11.7 Å². The summed E-state index contributed by atoms with van der Waals surface area (Å²) in [7, 11) is -2.12. The number of amides is 2. The molecule has 1 fully saturated rings. The van der Waals surface area contributed by atoms with Crippen LogP contribution in [0.2, 0.25) is 0 Å². The third-order valence-electron chi connectivity index (χ3n) is 4.86. The van der Waals surface area contributed by atoms with E-state index in [1.165, 1.54) is 17.0 Å². The summed E-state index contributed by atoms with van der Waals surface area (Å²) < 4.78 is 45.2. The number of sulfonamides is 1. The summed E-state index contributed by atoms with van der Waals surface area (Å²) >= 11 is 0. The molecule has 31 heavy (non-hydrogen) atoms. The lowest BCUT2D eigenvalue weighted by Crippen LogP contribution is -2.45. The summed E-state index contributed by atoms with van der Waals surface area (Å²) in [4.78, 5) is 27.9. The van der Waals surface area contributed by atoms with Gasteiger partial charge in [0, 0.05) is 39.6 Å². The Hall–Kier alpha value is -2.20. The van der Waals surface area contributed by atoms with Crippen LogP contribution in [-0.2, 0) is 19.6 Å². The zero-order valence-corrected chi connectivity index (χ0v) is 19.4. The van der Waals surface area contributed by atoms with Gasteiger partial charge in [-0.25, -0.2) is 22.3 Å². The Kier molecular flexibility index (Phi) is 8.41. The molecular formula is C21H32FN3O5S. The molecule has 1 atom stereocenters. The number of hydrogen-bond acceptors (Lipinski definition) is 5. The quantitative estimate of drug-likeness (QED) is 0.679. The summed E-state index contributed by atoms with van der Waals surface area (Å²) in [5.41, 5.74) is -0.568. The molecule has 2 amide bonds.